The van der Waals surface area contributed by atoms with Gasteiger partial charge in [-0.15, -0.1) is 6.58 Å². The average Bonchev–Trinajstić information content (AvgIpc) is 3.30. The van der Waals surface area contributed by atoms with E-state index in [-0.39, 0.29) is 5.41 Å². The summed E-state index contributed by atoms with van der Waals surface area (Å²) in [6.07, 6.45) is 12.1. The molecule has 0 aromatic heterocycles. The first kappa shape index (κ1) is 19.9. The zero-order valence-corrected chi connectivity index (χ0v) is 18.8. The molecule has 0 saturated carbocycles. The van der Waals surface area contributed by atoms with Gasteiger partial charge in [0.05, 0.1) is 0 Å². The number of fused-ring (bicyclic) bond motifs is 3. The fourth-order valence-electron chi connectivity index (χ4n) is 4.49. The number of allylic oxidation sites excluding steroid dienone is 5. The first-order chi connectivity index (χ1) is 12.7. The molecule has 2 aliphatic rings. The standard InChI is InChI=1S/C23H22.2ClH.Zr/c1-3-16-23(2,17-10-4-5-11-17)22-20-14-8-6-12-18(20)19-13-7-9-15-21(19)22;;;/h3-15,17,22H,1,16H2,2H3;2*1H;/q;;;+2/p-2. The van der Waals surface area contributed by atoms with Gasteiger partial charge in [-0.25, -0.2) is 0 Å². The van der Waals surface area contributed by atoms with Crippen LogP contribution in [0.2, 0.25) is 0 Å². The molecule has 4 rings (SSSR count). The van der Waals surface area contributed by atoms with E-state index in [1.807, 2.05) is 0 Å². The topological polar surface area (TPSA) is 0 Å². The minimum atomic E-state index is -0.826. The van der Waals surface area contributed by atoms with Gasteiger partial charge in [-0.3, -0.25) is 0 Å². The number of halogens is 2. The molecule has 0 bridgehead atoms. The molecule has 1 unspecified atom stereocenters. The number of hydrogen-bond acceptors (Lipinski definition) is 0. The molecule has 1 atom stereocenters. The SMILES string of the molecule is C=CCC(C)(C1C=CC=C1)C1c2ccccc2-c2ccccc21.[Cl][Zr][Cl]. The maximum absolute atomic E-state index is 4.93. The molecule has 132 valence electrons. The van der Waals surface area contributed by atoms with E-state index in [1.54, 1.807) is 0 Å². The van der Waals surface area contributed by atoms with E-state index in [0.29, 0.717) is 11.8 Å². The Morgan fingerprint density at radius 3 is 1.88 bits per heavy atom. The normalized spacial score (nSPS) is 17.0. The van der Waals surface area contributed by atoms with Crippen LogP contribution in [0.5, 0.6) is 0 Å². The van der Waals surface area contributed by atoms with Gasteiger partial charge < -0.3 is 0 Å². The van der Waals surface area contributed by atoms with Crippen molar-refractivity contribution in [3.63, 3.8) is 0 Å². The molecule has 0 aliphatic heterocycles. The van der Waals surface area contributed by atoms with Crippen LogP contribution in [0.4, 0.5) is 0 Å². The Morgan fingerprint density at radius 2 is 1.42 bits per heavy atom. The van der Waals surface area contributed by atoms with E-state index >= 15 is 0 Å². The van der Waals surface area contributed by atoms with Gasteiger partial charge >= 0.3 is 37.9 Å². The zero-order chi connectivity index (χ0) is 18.6. The molecule has 0 nitrogen and oxygen atoms in total. The third-order valence-electron chi connectivity index (χ3n) is 5.59. The molecule has 0 saturated heterocycles. The number of benzene rings is 2. The molecule has 0 heterocycles. The number of rotatable bonds is 4. The van der Waals surface area contributed by atoms with Gasteiger partial charge in [0, 0.05) is 11.8 Å². The van der Waals surface area contributed by atoms with Crippen molar-refractivity contribution in [3.05, 3.63) is 96.6 Å². The van der Waals surface area contributed by atoms with E-state index in [2.05, 4.69) is 92.4 Å². The van der Waals surface area contributed by atoms with E-state index in [1.165, 1.54) is 22.3 Å². The van der Waals surface area contributed by atoms with Gasteiger partial charge in [0.25, 0.3) is 0 Å². The van der Waals surface area contributed by atoms with E-state index < -0.39 is 20.8 Å². The second-order valence-corrected chi connectivity index (χ2v) is 10.7. The monoisotopic (exact) mass is 458 g/mol. The van der Waals surface area contributed by atoms with Gasteiger partial charge in [-0.05, 0) is 34.1 Å². The Morgan fingerprint density at radius 1 is 0.962 bits per heavy atom. The summed E-state index contributed by atoms with van der Waals surface area (Å²) in [5.41, 5.74) is 5.83. The van der Waals surface area contributed by atoms with Crippen LogP contribution in [0.3, 0.4) is 0 Å². The fraction of sp³-hybridized carbons (Fsp3) is 0.217. The third kappa shape index (κ3) is 3.59. The fourth-order valence-corrected chi connectivity index (χ4v) is 4.49. The summed E-state index contributed by atoms with van der Waals surface area (Å²) in [5.74, 6) is 0.856. The van der Waals surface area contributed by atoms with Crippen LogP contribution in [0.25, 0.3) is 11.1 Å². The van der Waals surface area contributed by atoms with Gasteiger partial charge in [0.2, 0.25) is 0 Å². The summed E-state index contributed by atoms with van der Waals surface area (Å²) in [6.45, 7) is 6.47. The van der Waals surface area contributed by atoms with Crippen molar-refractivity contribution in [1.29, 1.82) is 0 Å². The maximum atomic E-state index is 4.93. The van der Waals surface area contributed by atoms with Crippen LogP contribution in [-0.4, -0.2) is 0 Å². The second kappa shape index (κ2) is 8.87. The molecule has 2 aromatic rings. The summed E-state index contributed by atoms with van der Waals surface area (Å²) in [6, 6.07) is 17.8. The van der Waals surface area contributed by atoms with Crippen LogP contribution < -0.4 is 0 Å². The van der Waals surface area contributed by atoms with Crippen molar-refractivity contribution in [2.45, 2.75) is 19.3 Å². The van der Waals surface area contributed by atoms with Crippen LogP contribution >= 0.6 is 17.0 Å². The van der Waals surface area contributed by atoms with Crippen molar-refractivity contribution >= 4 is 17.0 Å². The molecular formula is C23H22Cl2Zr. The molecule has 0 N–H and O–H groups in total. The van der Waals surface area contributed by atoms with Crippen molar-refractivity contribution < 1.29 is 20.8 Å². The third-order valence-corrected chi connectivity index (χ3v) is 5.59. The first-order valence-corrected chi connectivity index (χ1v) is 15.1. The number of hydrogen-bond donors (Lipinski definition) is 0. The Kier molecular flexibility index (Phi) is 6.78. The Balaban J connectivity index is 0.000000613. The summed E-state index contributed by atoms with van der Waals surface area (Å²) >= 11 is -0.826. The minimum absolute atomic E-state index is 0.105. The van der Waals surface area contributed by atoms with E-state index in [4.69, 9.17) is 17.0 Å². The molecule has 0 amide bonds. The molecule has 2 aliphatic carbocycles. The summed E-state index contributed by atoms with van der Waals surface area (Å²) < 4.78 is 0. The summed E-state index contributed by atoms with van der Waals surface area (Å²) in [4.78, 5) is 0. The Bertz CT molecular complexity index is 782. The van der Waals surface area contributed by atoms with Gasteiger partial charge in [0.1, 0.15) is 0 Å². The van der Waals surface area contributed by atoms with Crippen molar-refractivity contribution in [2.24, 2.45) is 11.3 Å². The van der Waals surface area contributed by atoms with Crippen molar-refractivity contribution in [3.8, 4) is 11.1 Å². The zero-order valence-electron chi connectivity index (χ0n) is 14.8. The van der Waals surface area contributed by atoms with Gasteiger partial charge in [0.15, 0.2) is 0 Å². The predicted octanol–water partition coefficient (Wildman–Crippen LogP) is 7.50. The van der Waals surface area contributed by atoms with Crippen molar-refractivity contribution in [2.75, 3.05) is 0 Å². The van der Waals surface area contributed by atoms with Crippen LogP contribution in [-0.2, 0) is 20.8 Å². The second-order valence-electron chi connectivity index (χ2n) is 6.97. The molecule has 0 radical (unpaired) electrons. The van der Waals surface area contributed by atoms with Gasteiger partial charge in [-0.2, -0.15) is 0 Å². The van der Waals surface area contributed by atoms with Gasteiger partial charge in [-0.1, -0.05) is 85.8 Å². The van der Waals surface area contributed by atoms with E-state index in [9.17, 15) is 0 Å². The Hall–Kier alpha value is -0.877. The molecule has 0 fully saturated rings. The average molecular weight is 461 g/mol. The molecule has 0 spiro atoms. The molecular weight excluding hydrogens is 438 g/mol. The summed E-state index contributed by atoms with van der Waals surface area (Å²) in [7, 11) is 9.87. The van der Waals surface area contributed by atoms with Crippen LogP contribution in [0.15, 0.2) is 85.5 Å². The molecule has 3 heteroatoms. The first-order valence-electron chi connectivity index (χ1n) is 8.77. The predicted molar refractivity (Wildman–Crippen MR) is 110 cm³/mol. The Labute approximate surface area is 175 Å². The summed E-state index contributed by atoms with van der Waals surface area (Å²) in [5, 5.41) is 0. The van der Waals surface area contributed by atoms with E-state index in [0.717, 1.165) is 6.42 Å². The van der Waals surface area contributed by atoms with Crippen LogP contribution in [0, 0.1) is 11.3 Å². The quantitative estimate of drug-likeness (QED) is 0.415. The molecule has 2 aromatic carbocycles. The van der Waals surface area contributed by atoms with Crippen molar-refractivity contribution in [1.82, 2.24) is 0 Å². The van der Waals surface area contributed by atoms with Crippen LogP contribution in [0.1, 0.15) is 30.4 Å². The molecule has 26 heavy (non-hydrogen) atoms.